The summed E-state index contributed by atoms with van der Waals surface area (Å²) in [4.78, 5) is 34.5. The van der Waals surface area contributed by atoms with Crippen LogP contribution >= 0.6 is 15.2 Å². The number of rotatable bonds is 5. The van der Waals surface area contributed by atoms with Crippen LogP contribution in [0.15, 0.2) is 0 Å². The van der Waals surface area contributed by atoms with Crippen LogP contribution in [0, 0.1) is 0 Å². The van der Waals surface area contributed by atoms with E-state index in [1.165, 1.54) is 0 Å². The molecule has 0 saturated carbocycles. The molecule has 0 spiro atoms. The summed E-state index contributed by atoms with van der Waals surface area (Å²) in [7, 11) is -10.6. The molecule has 12 heteroatoms. The minimum atomic E-state index is -5.30. The summed E-state index contributed by atoms with van der Waals surface area (Å²) in [6.07, 6.45) is -0.856. The molecule has 0 radical (unpaired) electrons. The van der Waals surface area contributed by atoms with E-state index >= 15 is 0 Å². The van der Waals surface area contributed by atoms with Crippen molar-refractivity contribution in [1.29, 1.82) is 0 Å². The molecule has 0 rings (SSSR count). The van der Waals surface area contributed by atoms with Gasteiger partial charge in [0, 0.05) is 6.42 Å². The van der Waals surface area contributed by atoms with Gasteiger partial charge in [0.1, 0.15) is 0 Å². The van der Waals surface area contributed by atoms with E-state index in [1.54, 1.807) is 0 Å². The van der Waals surface area contributed by atoms with Crippen molar-refractivity contribution in [2.45, 2.75) is 17.9 Å². The molecule has 0 aliphatic heterocycles. The van der Waals surface area contributed by atoms with Crippen LogP contribution in [-0.4, -0.2) is 41.8 Å². The van der Waals surface area contributed by atoms with Crippen molar-refractivity contribution in [3.05, 3.63) is 0 Å². The van der Waals surface area contributed by atoms with E-state index in [4.69, 9.17) is 25.3 Å². The van der Waals surface area contributed by atoms with Crippen molar-refractivity contribution in [3.8, 4) is 0 Å². The summed E-state index contributed by atoms with van der Waals surface area (Å²) < 4.78 is 21.4. The predicted octanol–water partition coefficient (Wildman–Crippen LogP) is -5.09. The molecule has 0 bridgehead atoms. The average molecular weight is 290 g/mol. The van der Waals surface area contributed by atoms with Crippen LogP contribution in [0.5, 0.6) is 0 Å². The molecular weight excluding hydrogens is 275 g/mol. The van der Waals surface area contributed by atoms with Crippen molar-refractivity contribution in [2.75, 3.05) is 6.54 Å². The Hall–Kier alpha value is 1.18. The van der Waals surface area contributed by atoms with Gasteiger partial charge in [-0.25, -0.2) is 0 Å². The number of hydrogen-bond donors (Lipinski definition) is 6. The standard InChI is InChI=1S/C4H13NO7P2.Na.H2O/c5-3-1-2-4(6,13(7,8)9)14(10,11)12;;/h6H,1-3,5H2,(H2,7,8,9)(H2,10,11,12);;1H2/q;+1;. The smallest absolute Gasteiger partial charge is 0.412 e. The summed E-state index contributed by atoms with van der Waals surface area (Å²) >= 11 is 0. The minimum Gasteiger partial charge on any atom is -0.412 e. The third-order valence-corrected chi connectivity index (χ3v) is 5.53. The number of nitrogens with two attached hydrogens (primary N) is 1. The normalized spacial score (nSPS) is 12.6. The third-order valence-electron chi connectivity index (χ3n) is 1.65. The van der Waals surface area contributed by atoms with Crippen molar-refractivity contribution >= 4 is 15.2 Å². The summed E-state index contributed by atoms with van der Waals surface area (Å²) in [5, 5.41) is 5.91. The maximum atomic E-state index is 10.7. The molecule has 0 amide bonds. The van der Waals surface area contributed by atoms with Gasteiger partial charge in [-0.2, -0.15) is 0 Å². The van der Waals surface area contributed by atoms with Gasteiger partial charge in [-0.3, -0.25) is 9.13 Å². The molecule has 0 aromatic heterocycles. The Bertz CT molecular complexity index is 264. The molecule has 0 aliphatic carbocycles. The van der Waals surface area contributed by atoms with Gasteiger partial charge in [0.25, 0.3) is 5.08 Å². The molecule has 9 nitrogen and oxygen atoms in total. The molecule has 0 fully saturated rings. The molecule has 9 N–H and O–H groups in total. The van der Waals surface area contributed by atoms with Crippen LogP contribution in [-0.2, 0) is 9.13 Å². The van der Waals surface area contributed by atoms with E-state index in [0.29, 0.717) is 0 Å². The van der Waals surface area contributed by atoms with Crippen molar-refractivity contribution < 1.29 is 68.8 Å². The average Bonchev–Trinajstić information content (AvgIpc) is 1.95. The summed E-state index contributed by atoms with van der Waals surface area (Å²) in [6, 6.07) is 0. The zero-order valence-corrected chi connectivity index (χ0v) is 12.4. The van der Waals surface area contributed by atoms with Gasteiger partial charge in [0.15, 0.2) is 0 Å². The van der Waals surface area contributed by atoms with E-state index in [9.17, 15) is 14.2 Å². The molecule has 0 unspecified atom stereocenters. The summed E-state index contributed by atoms with van der Waals surface area (Å²) in [6.45, 7) is -0.0394. The zero-order valence-electron chi connectivity index (χ0n) is 8.65. The molecule has 0 saturated heterocycles. The minimum absolute atomic E-state index is 0. The monoisotopic (exact) mass is 290 g/mol. The third kappa shape index (κ3) is 5.22. The van der Waals surface area contributed by atoms with Gasteiger partial charge in [-0.1, -0.05) is 0 Å². The molecule has 16 heavy (non-hydrogen) atoms. The van der Waals surface area contributed by atoms with Gasteiger partial charge < -0.3 is 35.9 Å². The SMILES string of the molecule is NCCCC(O)(P(=O)(O)O)P(=O)(O)O.O.[Na+]. The largest absolute Gasteiger partial charge is 1.00 e. The maximum Gasteiger partial charge on any atom is 1.00 e. The van der Waals surface area contributed by atoms with Gasteiger partial charge in [0.05, 0.1) is 0 Å². The molecular formula is C4H15NNaO8P2+. The predicted molar refractivity (Wildman–Crippen MR) is 50.9 cm³/mol. The molecule has 0 aromatic rings. The maximum absolute atomic E-state index is 10.7. The second kappa shape index (κ2) is 7.58. The van der Waals surface area contributed by atoms with E-state index in [2.05, 4.69) is 0 Å². The van der Waals surface area contributed by atoms with Crippen molar-refractivity contribution in [1.82, 2.24) is 0 Å². The van der Waals surface area contributed by atoms with E-state index in [1.807, 2.05) is 0 Å². The Morgan fingerprint density at radius 3 is 1.56 bits per heavy atom. The van der Waals surface area contributed by atoms with Gasteiger partial charge >= 0.3 is 44.7 Å². The molecule has 0 aromatic carbocycles. The Balaban J connectivity index is -0.000000845. The van der Waals surface area contributed by atoms with Gasteiger partial charge in [-0.05, 0) is 13.0 Å². The molecule has 0 atom stereocenters. The topological polar surface area (TPSA) is 193 Å². The van der Waals surface area contributed by atoms with E-state index in [0.717, 1.165) is 0 Å². The second-order valence-electron chi connectivity index (χ2n) is 2.75. The van der Waals surface area contributed by atoms with E-state index < -0.39 is 26.7 Å². The Morgan fingerprint density at radius 1 is 1.06 bits per heavy atom. The summed E-state index contributed by atoms with van der Waals surface area (Å²) in [5.41, 5.74) is 5.01. The summed E-state index contributed by atoms with van der Waals surface area (Å²) in [5.74, 6) is 0. The van der Waals surface area contributed by atoms with Gasteiger partial charge in [0.2, 0.25) is 0 Å². The second-order valence-corrected chi connectivity index (χ2v) is 6.76. The zero-order chi connectivity index (χ0) is 11.6. The van der Waals surface area contributed by atoms with Crippen LogP contribution in [0.25, 0.3) is 0 Å². The Labute approximate surface area is 114 Å². The first-order valence-corrected chi connectivity index (χ1v) is 6.82. The van der Waals surface area contributed by atoms with Crippen LogP contribution < -0.4 is 35.3 Å². The number of aliphatic hydroxyl groups is 1. The van der Waals surface area contributed by atoms with Crippen LogP contribution in [0.1, 0.15) is 12.8 Å². The Kier molecular flexibility index (Phi) is 10.6. The molecule has 0 heterocycles. The fraction of sp³-hybridized carbons (Fsp3) is 1.00. The van der Waals surface area contributed by atoms with Crippen LogP contribution in [0.4, 0.5) is 0 Å². The van der Waals surface area contributed by atoms with E-state index in [-0.39, 0.29) is 48.0 Å². The first-order chi connectivity index (χ1) is 6.06. The molecule has 0 aliphatic rings. The van der Waals surface area contributed by atoms with Gasteiger partial charge in [-0.15, -0.1) is 0 Å². The van der Waals surface area contributed by atoms with Crippen LogP contribution in [0.2, 0.25) is 0 Å². The fourth-order valence-electron chi connectivity index (χ4n) is 0.800. The molecule has 94 valence electrons. The number of hydrogen-bond acceptors (Lipinski definition) is 4. The van der Waals surface area contributed by atoms with Crippen molar-refractivity contribution in [2.24, 2.45) is 5.73 Å². The Morgan fingerprint density at radius 2 is 1.38 bits per heavy atom. The fourth-order valence-corrected chi connectivity index (χ4v) is 3.06. The quantitative estimate of drug-likeness (QED) is 0.214. The van der Waals surface area contributed by atoms with Crippen molar-refractivity contribution in [3.63, 3.8) is 0 Å². The first-order valence-electron chi connectivity index (χ1n) is 3.60. The first kappa shape index (κ1) is 22.4. The van der Waals surface area contributed by atoms with Crippen LogP contribution in [0.3, 0.4) is 0 Å².